The zero-order valence-corrected chi connectivity index (χ0v) is 13.1. The molecule has 0 atom stereocenters. The third kappa shape index (κ3) is 2.93. The topological polar surface area (TPSA) is 24.5 Å². The van der Waals surface area contributed by atoms with Gasteiger partial charge in [0.25, 0.3) is 0 Å². The van der Waals surface area contributed by atoms with Crippen LogP contribution in [0, 0.1) is 0 Å². The maximum absolute atomic E-state index is 6.21. The zero-order chi connectivity index (χ0) is 14.8. The van der Waals surface area contributed by atoms with Crippen molar-refractivity contribution in [2.45, 2.75) is 13.0 Å². The van der Waals surface area contributed by atoms with Crippen molar-refractivity contribution >= 4 is 23.0 Å². The van der Waals surface area contributed by atoms with Gasteiger partial charge in [-0.05, 0) is 35.7 Å². The maximum atomic E-state index is 6.21. The smallest absolute Gasteiger partial charge is 0.121 e. The first-order chi connectivity index (χ1) is 10.2. The molecule has 0 amide bonds. The summed E-state index contributed by atoms with van der Waals surface area (Å²) in [6.07, 6.45) is 1.12. The maximum Gasteiger partial charge on any atom is 0.121 e. The van der Waals surface area contributed by atoms with Crippen molar-refractivity contribution in [2.75, 3.05) is 30.9 Å². The largest absolute Gasteiger partial charge is 0.497 e. The van der Waals surface area contributed by atoms with Gasteiger partial charge in [0.1, 0.15) is 5.75 Å². The van der Waals surface area contributed by atoms with Crippen LogP contribution in [-0.4, -0.2) is 20.7 Å². The van der Waals surface area contributed by atoms with Crippen molar-refractivity contribution < 1.29 is 4.74 Å². The molecule has 1 heterocycles. The molecular weight excluding hydrogens is 284 g/mol. The number of anilines is 2. The number of fused-ring (bicyclic) bond motifs is 1. The van der Waals surface area contributed by atoms with E-state index in [9.17, 15) is 0 Å². The van der Waals surface area contributed by atoms with E-state index < -0.39 is 0 Å². The number of benzene rings is 2. The Morgan fingerprint density at radius 3 is 2.90 bits per heavy atom. The van der Waals surface area contributed by atoms with Crippen LogP contribution >= 0.6 is 11.6 Å². The van der Waals surface area contributed by atoms with Gasteiger partial charge >= 0.3 is 0 Å². The summed E-state index contributed by atoms with van der Waals surface area (Å²) in [6.45, 7) is 1.86. The summed E-state index contributed by atoms with van der Waals surface area (Å²) in [5.41, 5.74) is 4.93. The van der Waals surface area contributed by atoms with Crippen LogP contribution in [-0.2, 0) is 13.0 Å². The third-order valence-electron chi connectivity index (χ3n) is 3.93. The summed E-state index contributed by atoms with van der Waals surface area (Å²) in [5, 5.41) is 4.09. The summed E-state index contributed by atoms with van der Waals surface area (Å²) in [7, 11) is 3.80. The molecule has 0 unspecified atom stereocenters. The van der Waals surface area contributed by atoms with E-state index in [4.69, 9.17) is 16.3 Å². The van der Waals surface area contributed by atoms with Crippen molar-refractivity contribution in [3.63, 3.8) is 0 Å². The second-order valence-corrected chi connectivity index (χ2v) is 5.74. The molecule has 110 valence electrons. The minimum Gasteiger partial charge on any atom is -0.497 e. The summed E-state index contributed by atoms with van der Waals surface area (Å²) in [6, 6.07) is 12.3. The van der Waals surface area contributed by atoms with Crippen LogP contribution in [0.3, 0.4) is 0 Å². The molecule has 0 radical (unpaired) electrons. The van der Waals surface area contributed by atoms with Gasteiger partial charge in [-0.15, -0.1) is 0 Å². The molecule has 0 saturated heterocycles. The minimum atomic E-state index is 0.705. The number of ether oxygens (including phenoxy) is 1. The van der Waals surface area contributed by atoms with Crippen LogP contribution in [0.2, 0.25) is 5.02 Å². The second kappa shape index (κ2) is 5.86. The van der Waals surface area contributed by atoms with Crippen LogP contribution < -0.4 is 15.0 Å². The van der Waals surface area contributed by atoms with Crippen LogP contribution in [0.4, 0.5) is 11.4 Å². The van der Waals surface area contributed by atoms with Crippen LogP contribution in [0.25, 0.3) is 0 Å². The quantitative estimate of drug-likeness (QED) is 0.925. The Balaban J connectivity index is 1.73. The number of hydrogen-bond donors (Lipinski definition) is 1. The van der Waals surface area contributed by atoms with Gasteiger partial charge in [0.2, 0.25) is 0 Å². The Morgan fingerprint density at radius 1 is 1.24 bits per heavy atom. The summed E-state index contributed by atoms with van der Waals surface area (Å²) < 4.78 is 5.23. The van der Waals surface area contributed by atoms with Crippen molar-refractivity contribution in [1.82, 2.24) is 0 Å². The molecule has 0 fully saturated rings. The highest BCUT2D eigenvalue weighted by molar-refractivity contribution is 6.33. The number of hydrogen-bond acceptors (Lipinski definition) is 3. The lowest BCUT2D eigenvalue weighted by molar-refractivity contribution is 0.415. The average molecular weight is 303 g/mol. The van der Waals surface area contributed by atoms with Crippen molar-refractivity contribution in [3.05, 3.63) is 52.5 Å². The third-order valence-corrected chi connectivity index (χ3v) is 4.26. The van der Waals surface area contributed by atoms with Crippen LogP contribution in [0.5, 0.6) is 5.75 Å². The Hall–Kier alpha value is -1.87. The number of likely N-dealkylation sites (N-methyl/N-ethyl adjacent to an activating group) is 1. The first-order valence-corrected chi connectivity index (χ1v) is 7.45. The number of methoxy groups -OCH3 is 1. The summed E-state index contributed by atoms with van der Waals surface area (Å²) >= 11 is 6.21. The highest BCUT2D eigenvalue weighted by Gasteiger charge is 2.15. The number of halogens is 1. The van der Waals surface area contributed by atoms with E-state index in [2.05, 4.69) is 35.5 Å². The fraction of sp³-hybridized carbons (Fsp3) is 0.294. The normalized spacial score (nSPS) is 13.2. The highest BCUT2D eigenvalue weighted by atomic mass is 35.5. The van der Waals surface area contributed by atoms with E-state index >= 15 is 0 Å². The lowest BCUT2D eigenvalue weighted by atomic mass is 10.1. The van der Waals surface area contributed by atoms with E-state index in [0.29, 0.717) is 5.02 Å². The number of nitrogens with one attached hydrogen (secondary N) is 1. The van der Waals surface area contributed by atoms with E-state index in [-0.39, 0.29) is 0 Å². The molecule has 3 rings (SSSR count). The fourth-order valence-corrected chi connectivity index (χ4v) is 2.88. The summed E-state index contributed by atoms with van der Waals surface area (Å²) in [5.74, 6) is 0.803. The molecule has 0 aromatic heterocycles. The number of rotatable bonds is 4. The molecule has 0 aliphatic carbocycles. The van der Waals surface area contributed by atoms with E-state index in [1.165, 1.54) is 16.8 Å². The molecule has 3 nitrogen and oxygen atoms in total. The predicted octanol–water partition coefficient (Wildman–Crippen LogP) is 3.95. The van der Waals surface area contributed by atoms with Crippen molar-refractivity contribution in [1.29, 1.82) is 0 Å². The molecule has 1 aliphatic heterocycles. The Kier molecular flexibility index (Phi) is 3.93. The van der Waals surface area contributed by atoms with Gasteiger partial charge < -0.3 is 15.0 Å². The molecule has 0 spiro atoms. The molecule has 2 aromatic rings. The molecule has 21 heavy (non-hydrogen) atoms. The van der Waals surface area contributed by atoms with Gasteiger partial charge in [0.15, 0.2) is 0 Å². The molecular formula is C17H19ClN2O. The predicted molar refractivity (Wildman–Crippen MR) is 88.7 cm³/mol. The van der Waals surface area contributed by atoms with Gasteiger partial charge in [-0.25, -0.2) is 0 Å². The van der Waals surface area contributed by atoms with E-state index in [1.54, 1.807) is 7.11 Å². The zero-order valence-electron chi connectivity index (χ0n) is 12.3. The average Bonchev–Trinajstić information content (AvgIpc) is 2.87. The molecule has 0 bridgehead atoms. The highest BCUT2D eigenvalue weighted by Crippen LogP contribution is 2.29. The van der Waals surface area contributed by atoms with Crippen molar-refractivity contribution in [3.8, 4) is 5.75 Å². The van der Waals surface area contributed by atoms with Crippen LogP contribution in [0.15, 0.2) is 36.4 Å². The van der Waals surface area contributed by atoms with Gasteiger partial charge in [-0.1, -0.05) is 23.7 Å². The van der Waals surface area contributed by atoms with Crippen molar-refractivity contribution in [2.24, 2.45) is 0 Å². The Morgan fingerprint density at radius 2 is 2.10 bits per heavy atom. The Bertz CT molecular complexity index is 657. The van der Waals surface area contributed by atoms with Gasteiger partial charge in [-0.3, -0.25) is 0 Å². The molecule has 1 N–H and O–H groups in total. The molecule has 4 heteroatoms. The lowest BCUT2D eigenvalue weighted by Crippen LogP contribution is -2.12. The van der Waals surface area contributed by atoms with Crippen LogP contribution in [0.1, 0.15) is 11.1 Å². The molecule has 0 saturated carbocycles. The fourth-order valence-electron chi connectivity index (χ4n) is 2.69. The molecule has 2 aromatic carbocycles. The monoisotopic (exact) mass is 302 g/mol. The second-order valence-electron chi connectivity index (χ2n) is 5.33. The first kappa shape index (κ1) is 14.1. The minimum absolute atomic E-state index is 0.705. The first-order valence-electron chi connectivity index (χ1n) is 7.08. The standard InChI is InChI=1S/C17H19ClN2O/c1-20-8-7-13-9-12(3-6-17(13)20)11-19-16-10-14(21-2)4-5-15(16)18/h3-6,9-10,19H,7-8,11H2,1-2H3. The summed E-state index contributed by atoms with van der Waals surface area (Å²) in [4.78, 5) is 2.30. The Labute approximate surface area is 130 Å². The van der Waals surface area contributed by atoms with Gasteiger partial charge in [-0.2, -0.15) is 0 Å². The van der Waals surface area contributed by atoms with Gasteiger partial charge in [0, 0.05) is 31.9 Å². The molecule has 1 aliphatic rings. The number of nitrogens with zero attached hydrogens (tertiary/aromatic N) is 1. The lowest BCUT2D eigenvalue weighted by Gasteiger charge is -2.13. The van der Waals surface area contributed by atoms with E-state index in [1.807, 2.05) is 18.2 Å². The van der Waals surface area contributed by atoms with Gasteiger partial charge in [0.05, 0.1) is 17.8 Å². The SMILES string of the molecule is COc1ccc(Cl)c(NCc2ccc3c(c2)CCN3C)c1. The van der Waals surface area contributed by atoms with E-state index in [0.717, 1.165) is 30.9 Å².